The minimum Gasteiger partial charge on any atom is -0.481 e. The van der Waals surface area contributed by atoms with E-state index in [1.807, 2.05) is 0 Å². The maximum absolute atomic E-state index is 11.1. The Labute approximate surface area is 89.2 Å². The molecule has 0 amide bonds. The number of aliphatic carboxylic acids is 1. The Morgan fingerprint density at radius 3 is 2.07 bits per heavy atom. The SMILES string of the molecule is O=C(O)C1CCCCCCC1S(=O)(=O)O. The molecule has 2 unspecified atom stereocenters. The van der Waals surface area contributed by atoms with Crippen LogP contribution in [0, 0.1) is 5.92 Å². The van der Waals surface area contributed by atoms with E-state index in [9.17, 15) is 13.2 Å². The summed E-state index contributed by atoms with van der Waals surface area (Å²) in [5.74, 6) is -2.08. The van der Waals surface area contributed by atoms with E-state index < -0.39 is 27.3 Å². The summed E-state index contributed by atoms with van der Waals surface area (Å²) in [5.41, 5.74) is 0. The van der Waals surface area contributed by atoms with Crippen molar-refractivity contribution >= 4 is 16.1 Å². The third-order valence-corrected chi connectivity index (χ3v) is 4.23. The predicted octanol–water partition coefficient (Wildman–Crippen LogP) is 1.30. The van der Waals surface area contributed by atoms with Gasteiger partial charge in [-0.2, -0.15) is 8.42 Å². The van der Waals surface area contributed by atoms with Crippen LogP contribution >= 0.6 is 0 Å². The summed E-state index contributed by atoms with van der Waals surface area (Å²) in [6.45, 7) is 0. The summed E-state index contributed by atoms with van der Waals surface area (Å²) in [4.78, 5) is 10.9. The average molecular weight is 236 g/mol. The topological polar surface area (TPSA) is 91.7 Å². The van der Waals surface area contributed by atoms with E-state index in [-0.39, 0.29) is 6.42 Å². The zero-order chi connectivity index (χ0) is 11.5. The molecule has 0 saturated heterocycles. The van der Waals surface area contributed by atoms with Gasteiger partial charge in [-0.1, -0.05) is 25.7 Å². The fraction of sp³-hybridized carbons (Fsp3) is 0.889. The largest absolute Gasteiger partial charge is 0.481 e. The van der Waals surface area contributed by atoms with Crippen molar-refractivity contribution in [3.05, 3.63) is 0 Å². The average Bonchev–Trinajstić information content (AvgIpc) is 1.99. The Bertz CT molecular complexity index is 321. The first-order chi connectivity index (χ1) is 6.93. The molecular formula is C9H16O5S. The summed E-state index contributed by atoms with van der Waals surface area (Å²) in [5, 5.41) is 7.78. The molecule has 1 saturated carbocycles. The molecular weight excluding hydrogens is 220 g/mol. The van der Waals surface area contributed by atoms with Crippen LogP contribution in [0.5, 0.6) is 0 Å². The quantitative estimate of drug-likeness (QED) is 0.705. The Hall–Kier alpha value is -0.620. The first kappa shape index (κ1) is 12.4. The fourth-order valence-electron chi connectivity index (χ4n) is 2.09. The minimum atomic E-state index is -4.24. The highest BCUT2D eigenvalue weighted by Crippen LogP contribution is 2.27. The van der Waals surface area contributed by atoms with Gasteiger partial charge in [0.1, 0.15) is 0 Å². The highest BCUT2D eigenvalue weighted by molar-refractivity contribution is 7.86. The van der Waals surface area contributed by atoms with Crippen molar-refractivity contribution in [3.8, 4) is 0 Å². The van der Waals surface area contributed by atoms with Crippen LogP contribution < -0.4 is 0 Å². The van der Waals surface area contributed by atoms with Gasteiger partial charge in [0.05, 0.1) is 11.2 Å². The molecule has 1 aliphatic rings. The molecule has 88 valence electrons. The van der Waals surface area contributed by atoms with Crippen LogP contribution in [-0.4, -0.2) is 29.3 Å². The first-order valence-electron chi connectivity index (χ1n) is 5.12. The summed E-state index contributed by atoms with van der Waals surface area (Å²) in [6.07, 6.45) is 3.78. The van der Waals surface area contributed by atoms with Crippen LogP contribution in [0.15, 0.2) is 0 Å². The standard InChI is InChI=1S/C9H16O5S/c10-9(11)7-5-3-1-2-4-6-8(7)15(12,13)14/h7-8H,1-6H2,(H,10,11)(H,12,13,14). The molecule has 2 N–H and O–H groups in total. The van der Waals surface area contributed by atoms with Crippen LogP contribution in [0.1, 0.15) is 38.5 Å². The Kier molecular flexibility index (Phi) is 4.10. The molecule has 0 heterocycles. The Morgan fingerprint density at radius 1 is 1.07 bits per heavy atom. The molecule has 2 atom stereocenters. The smallest absolute Gasteiger partial charge is 0.307 e. The summed E-state index contributed by atoms with van der Waals surface area (Å²) in [6, 6.07) is 0. The number of hydrogen-bond donors (Lipinski definition) is 2. The third kappa shape index (κ3) is 3.46. The van der Waals surface area contributed by atoms with Crippen LogP contribution in [0.25, 0.3) is 0 Å². The molecule has 0 aromatic rings. The lowest BCUT2D eigenvalue weighted by molar-refractivity contribution is -0.142. The second-order valence-electron chi connectivity index (χ2n) is 3.99. The number of carboxylic acid groups (broad SMARTS) is 1. The number of hydrogen-bond acceptors (Lipinski definition) is 3. The summed E-state index contributed by atoms with van der Waals surface area (Å²) in [7, 11) is -4.24. The molecule has 1 rings (SSSR count). The van der Waals surface area contributed by atoms with Gasteiger partial charge in [0.2, 0.25) is 0 Å². The summed E-state index contributed by atoms with van der Waals surface area (Å²) < 4.78 is 31.1. The van der Waals surface area contributed by atoms with Gasteiger partial charge in [-0.25, -0.2) is 0 Å². The Morgan fingerprint density at radius 2 is 1.60 bits per heavy atom. The highest BCUT2D eigenvalue weighted by Gasteiger charge is 2.36. The number of carbonyl (C=O) groups is 1. The van der Waals surface area contributed by atoms with Crippen LogP contribution in [0.3, 0.4) is 0 Å². The third-order valence-electron chi connectivity index (χ3n) is 2.90. The molecule has 15 heavy (non-hydrogen) atoms. The first-order valence-corrected chi connectivity index (χ1v) is 6.62. The lowest BCUT2D eigenvalue weighted by Crippen LogP contribution is -2.35. The van der Waals surface area contributed by atoms with Gasteiger partial charge in [-0.15, -0.1) is 0 Å². The fourth-order valence-corrected chi connectivity index (χ4v) is 3.22. The van der Waals surface area contributed by atoms with E-state index in [1.54, 1.807) is 0 Å². The van der Waals surface area contributed by atoms with Crippen molar-refractivity contribution < 1.29 is 22.9 Å². The Balaban J connectivity index is 2.88. The lowest BCUT2D eigenvalue weighted by Gasteiger charge is -2.23. The van der Waals surface area contributed by atoms with Gasteiger partial charge in [0.15, 0.2) is 0 Å². The molecule has 6 heteroatoms. The molecule has 1 aliphatic carbocycles. The van der Waals surface area contributed by atoms with Crippen molar-refractivity contribution in [1.29, 1.82) is 0 Å². The maximum Gasteiger partial charge on any atom is 0.307 e. The highest BCUT2D eigenvalue weighted by atomic mass is 32.2. The van der Waals surface area contributed by atoms with Crippen molar-refractivity contribution in [2.75, 3.05) is 0 Å². The molecule has 0 spiro atoms. The molecule has 5 nitrogen and oxygen atoms in total. The van der Waals surface area contributed by atoms with E-state index in [4.69, 9.17) is 9.66 Å². The van der Waals surface area contributed by atoms with Crippen molar-refractivity contribution in [2.45, 2.75) is 43.8 Å². The van der Waals surface area contributed by atoms with Crippen molar-refractivity contribution in [2.24, 2.45) is 5.92 Å². The van der Waals surface area contributed by atoms with Gasteiger partial charge in [-0.3, -0.25) is 9.35 Å². The zero-order valence-corrected chi connectivity index (χ0v) is 9.24. The maximum atomic E-state index is 11.1. The van der Waals surface area contributed by atoms with Gasteiger partial charge < -0.3 is 5.11 Å². The van der Waals surface area contributed by atoms with E-state index >= 15 is 0 Å². The van der Waals surface area contributed by atoms with Gasteiger partial charge in [0, 0.05) is 0 Å². The molecule has 1 fully saturated rings. The molecule has 0 aliphatic heterocycles. The zero-order valence-electron chi connectivity index (χ0n) is 8.42. The van der Waals surface area contributed by atoms with Crippen LogP contribution in [0.4, 0.5) is 0 Å². The summed E-state index contributed by atoms with van der Waals surface area (Å²) >= 11 is 0. The van der Waals surface area contributed by atoms with Gasteiger partial charge >= 0.3 is 5.97 Å². The number of carboxylic acids is 1. The monoisotopic (exact) mass is 236 g/mol. The molecule has 0 aromatic heterocycles. The van der Waals surface area contributed by atoms with E-state index in [0.717, 1.165) is 12.8 Å². The lowest BCUT2D eigenvalue weighted by atomic mass is 9.91. The van der Waals surface area contributed by atoms with Crippen LogP contribution in [0.2, 0.25) is 0 Å². The minimum absolute atomic E-state index is 0.246. The van der Waals surface area contributed by atoms with E-state index in [0.29, 0.717) is 19.3 Å². The molecule has 0 aromatic carbocycles. The number of rotatable bonds is 2. The normalized spacial score (nSPS) is 29.1. The van der Waals surface area contributed by atoms with E-state index in [2.05, 4.69) is 0 Å². The second-order valence-corrected chi connectivity index (χ2v) is 5.63. The second kappa shape index (κ2) is 4.94. The van der Waals surface area contributed by atoms with E-state index in [1.165, 1.54) is 0 Å². The van der Waals surface area contributed by atoms with Gasteiger partial charge in [0.25, 0.3) is 10.1 Å². The molecule has 0 bridgehead atoms. The molecule has 0 radical (unpaired) electrons. The van der Waals surface area contributed by atoms with Crippen molar-refractivity contribution in [3.63, 3.8) is 0 Å². The van der Waals surface area contributed by atoms with Crippen LogP contribution in [-0.2, 0) is 14.9 Å². The van der Waals surface area contributed by atoms with Crippen molar-refractivity contribution in [1.82, 2.24) is 0 Å². The van der Waals surface area contributed by atoms with Gasteiger partial charge in [-0.05, 0) is 12.8 Å². The predicted molar refractivity (Wildman–Crippen MR) is 54.2 cm³/mol.